The number of halogens is 5. The Kier molecular flexibility index (Phi) is 22.0. The second kappa shape index (κ2) is 33.2. The molecule has 6 aliphatic rings. The van der Waals surface area contributed by atoms with E-state index in [0.717, 1.165) is 33.7 Å². The van der Waals surface area contributed by atoms with Gasteiger partial charge in [0, 0.05) is 148 Å². The number of nitrogens with one attached hydrogen (secondary N) is 6. The lowest BCUT2D eigenvalue weighted by Gasteiger charge is -2.23. The Morgan fingerprint density at radius 3 is 1.38 bits per heavy atom. The molecular formula is C92H58Cl3F2N13O16S7. The van der Waals surface area contributed by atoms with Crippen LogP contribution in [0.4, 0.5) is 42.9 Å². The van der Waals surface area contributed by atoms with Crippen molar-refractivity contribution in [3.63, 3.8) is 0 Å². The van der Waals surface area contributed by atoms with Gasteiger partial charge in [-0.05, 0) is 140 Å². The van der Waals surface area contributed by atoms with Crippen molar-refractivity contribution < 1.29 is 77.2 Å². The molecule has 18 aromatic rings. The third-order valence-corrected chi connectivity index (χ3v) is 32.3. The molecule has 0 fully saturated rings. The number of hydrogen-bond acceptors (Lipinski definition) is 23. The van der Waals surface area contributed by atoms with Crippen LogP contribution in [-0.4, -0.2) is 113 Å². The first-order chi connectivity index (χ1) is 63.5. The molecule has 29 nitrogen and oxygen atoms in total. The average Bonchev–Trinajstić information content (AvgIpc) is 0.695. The zero-order valence-electron chi connectivity index (χ0n) is 68.0. The summed E-state index contributed by atoms with van der Waals surface area (Å²) in [6, 6.07) is 65.9. The summed E-state index contributed by atoms with van der Waals surface area (Å²) in [6.45, 7) is 0. The van der Waals surface area contributed by atoms with Crippen LogP contribution in [0.1, 0.15) is 10.4 Å². The van der Waals surface area contributed by atoms with Gasteiger partial charge in [-0.25, -0.2) is 74.1 Å². The minimum atomic E-state index is -3.85. The summed E-state index contributed by atoms with van der Waals surface area (Å²) >= 11 is 18.3. The van der Waals surface area contributed by atoms with Gasteiger partial charge in [-0.3, -0.25) is 53.3 Å². The van der Waals surface area contributed by atoms with Crippen molar-refractivity contribution in [1.29, 1.82) is 0 Å². The maximum Gasteiger partial charge on any atom is 0.338 e. The first-order valence-corrected chi connectivity index (χ1v) is 51.2. The monoisotopic (exact) mass is 1970 g/mol. The Bertz CT molecular complexity index is 9070. The number of hydrogen-bond donors (Lipinski definition) is 6. The first-order valence-electron chi connectivity index (χ1n) is 39.2. The van der Waals surface area contributed by atoms with Crippen LogP contribution < -0.4 is 28.3 Å². The van der Waals surface area contributed by atoms with Gasteiger partial charge in [0.25, 0.3) is 60.1 Å². The number of pyridine rings is 7. The molecule has 0 aliphatic carbocycles. The summed E-state index contributed by atoms with van der Waals surface area (Å²) in [5.41, 5.74) is 11.6. The van der Waals surface area contributed by atoms with Crippen LogP contribution in [0.3, 0.4) is 0 Å². The highest BCUT2D eigenvalue weighted by atomic mass is 35.5. The van der Waals surface area contributed by atoms with Crippen LogP contribution in [0.15, 0.2) is 314 Å². The van der Waals surface area contributed by atoms with Gasteiger partial charge in [0.1, 0.15) is 16.8 Å². The number of benzene rings is 11. The zero-order valence-corrected chi connectivity index (χ0v) is 76.0. The summed E-state index contributed by atoms with van der Waals surface area (Å²) in [7, 11) is -24.4. The lowest BCUT2D eigenvalue weighted by molar-refractivity contribution is 0.0602. The highest BCUT2D eigenvalue weighted by Gasteiger charge is 2.38. The fourth-order valence-corrected chi connectivity index (χ4v) is 25.2. The topological polar surface area (TPSA) is 428 Å². The molecule has 24 rings (SSSR count). The van der Waals surface area contributed by atoms with Gasteiger partial charge in [0.2, 0.25) is 0 Å². The lowest BCUT2D eigenvalue weighted by Crippen LogP contribution is -2.20. The number of sulfone groups is 1. The predicted octanol–water partition coefficient (Wildman–Crippen LogP) is 18.9. The molecule has 0 amide bonds. The Morgan fingerprint density at radius 1 is 0.331 bits per heavy atom. The van der Waals surface area contributed by atoms with Crippen molar-refractivity contribution in [2.24, 2.45) is 0 Å². The standard InChI is InChI=1S/C17H12N2O4S.C16H11ClN2O4S2.C15H8Cl2N2O2S.2C15H9FN2O2S.C14H9N3O2S/c1-23-17(20)13-8-9-18-15-12(13)7-6-11-10-4-2-3-5-14(10)24(21,22)19-16(11)15;1-24(20,21)9-4-5-14-11(7-9)12-8-13(17)10-3-2-6-18-15(10)16(12)19-25(14,22)23;16-9-3-5-12-11(7-9)10-4-1-8-2-6-13(17)18-14(8)15(10)19-22(12,20)21;16-11-8-9-4-3-7-17-14(9)15-13(11)10-5-1-2-6-12(10)21(19,20)18-15;16-12-8-11-9-4-1-2-6-13(9)21(19,20)18-15(11)14-10(12)5-3-7-17-14;18-20(19)14-11(4-2-8-16-14)10-6-5-9-3-1-7-15-12(9)13(10)17-20/h2-9,19H,1H3;2-8,19H,1H3;1-7,19H;2*1-8,18H;1-8,17H. The molecular weight excluding hydrogens is 1910 g/mol. The number of sulfonamides is 6. The van der Waals surface area contributed by atoms with Crippen molar-refractivity contribution in [2.75, 3.05) is 41.7 Å². The number of carbonyl (C=O) groups is 1. The van der Waals surface area contributed by atoms with Crippen LogP contribution in [-0.2, 0) is 74.7 Å². The molecule has 7 aromatic heterocycles. The van der Waals surface area contributed by atoms with Crippen molar-refractivity contribution >= 4 is 210 Å². The maximum atomic E-state index is 14.5. The second-order valence-corrected chi connectivity index (χ2v) is 43.2. The van der Waals surface area contributed by atoms with Gasteiger partial charge in [-0.1, -0.05) is 138 Å². The van der Waals surface area contributed by atoms with Gasteiger partial charge in [-0.2, -0.15) is 8.42 Å². The quantitative estimate of drug-likeness (QED) is 0.0691. The summed E-state index contributed by atoms with van der Waals surface area (Å²) < 4.78 is 222. The van der Waals surface area contributed by atoms with Crippen LogP contribution >= 0.6 is 34.8 Å². The Morgan fingerprint density at radius 2 is 0.752 bits per heavy atom. The van der Waals surface area contributed by atoms with Gasteiger partial charge in [-0.15, -0.1) is 0 Å². The molecule has 0 saturated heterocycles. The number of anilines is 6. The van der Waals surface area contributed by atoms with Crippen molar-refractivity contribution in [2.45, 2.75) is 34.4 Å². The molecule has 0 spiro atoms. The SMILES string of the molecule is COC(=O)c1ccnc2c3c(ccc12)-c1ccccc1S(=O)(=O)N3.CS(=O)(=O)c1ccc2c(c1)-c1cc(Cl)c3cccnc3c1NS2(=O)=O.O=S1(=O)Nc2c(c(F)cc3cccnc23)-c2ccccc21.O=S1(=O)Nc2c(cc(F)c3cccnc23)-c2ccccc21.O=S1(=O)Nc2c(ccc3ccc(Cl)nc23)-c2cc(Cl)ccc21.O=S1(=O)Nc2c(ccc3cccnc23)-c2cccnc21. The van der Waals surface area contributed by atoms with Crippen LogP contribution in [0.25, 0.3) is 132 Å². The molecule has 0 saturated carbocycles. The van der Waals surface area contributed by atoms with E-state index in [4.69, 9.17) is 39.5 Å². The minimum absolute atomic E-state index is 0.00116. The van der Waals surface area contributed by atoms with E-state index >= 15 is 0 Å². The van der Waals surface area contributed by atoms with Crippen LogP contribution in [0, 0.1) is 11.6 Å². The second-order valence-electron chi connectivity index (χ2n) is 30.1. The van der Waals surface area contributed by atoms with E-state index in [0.29, 0.717) is 137 Å². The molecule has 0 atom stereocenters. The number of esters is 1. The van der Waals surface area contributed by atoms with Crippen molar-refractivity contribution in [3.8, 4) is 66.8 Å². The molecule has 0 unspecified atom stereocenters. The number of ether oxygens (including phenoxy) is 1. The molecule has 6 N–H and O–H groups in total. The van der Waals surface area contributed by atoms with E-state index in [1.165, 1.54) is 80.4 Å². The highest BCUT2D eigenvalue weighted by Crippen LogP contribution is 2.51. The predicted molar refractivity (Wildman–Crippen MR) is 505 cm³/mol. The lowest BCUT2D eigenvalue weighted by atomic mass is 9.99. The van der Waals surface area contributed by atoms with E-state index in [1.54, 1.807) is 170 Å². The maximum absolute atomic E-state index is 14.5. The molecule has 41 heteroatoms. The summed E-state index contributed by atoms with van der Waals surface area (Å²) in [5, 5.41) is 4.91. The Balaban J connectivity index is 0.000000103. The molecule has 11 aromatic carbocycles. The zero-order chi connectivity index (χ0) is 93.3. The Labute approximate surface area is 771 Å². The van der Waals surface area contributed by atoms with Crippen LogP contribution in [0.2, 0.25) is 15.2 Å². The minimum Gasteiger partial charge on any atom is -0.465 e. The normalized spacial score (nSPS) is 15.0. The number of aromatic nitrogens is 7. The third kappa shape index (κ3) is 15.8. The smallest absolute Gasteiger partial charge is 0.338 e. The largest absolute Gasteiger partial charge is 0.465 e. The number of fused-ring (bicyclic) bond motifs is 30. The van der Waals surface area contributed by atoms with Gasteiger partial charge in [0.05, 0.1) is 114 Å². The first kappa shape index (κ1) is 88.0. The molecule has 0 radical (unpaired) electrons. The summed E-state index contributed by atoms with van der Waals surface area (Å²) in [4.78, 5) is 41.9. The fraction of sp³-hybridized carbons (Fsp3) is 0.0217. The number of carbonyl (C=O) groups excluding carboxylic acids is 1. The van der Waals surface area contributed by atoms with E-state index in [2.05, 4.69) is 63.2 Å². The fourth-order valence-electron chi connectivity index (χ4n) is 16.2. The molecule has 6 aliphatic heterocycles. The highest BCUT2D eigenvalue weighted by molar-refractivity contribution is 7.94. The molecule has 13 heterocycles. The van der Waals surface area contributed by atoms with Crippen LogP contribution in [0.5, 0.6) is 0 Å². The van der Waals surface area contributed by atoms with Gasteiger partial charge < -0.3 is 4.74 Å². The number of methoxy groups -OCH3 is 1. The van der Waals surface area contributed by atoms with Crippen molar-refractivity contribution in [3.05, 3.63) is 312 Å². The average molecular weight is 1970 g/mol. The van der Waals surface area contributed by atoms with E-state index in [9.17, 15) is 72.5 Å². The van der Waals surface area contributed by atoms with Gasteiger partial charge in [0.15, 0.2) is 14.9 Å². The third-order valence-electron chi connectivity index (χ3n) is 22.0. The van der Waals surface area contributed by atoms with E-state index < -0.39 is 87.6 Å². The molecule has 133 heavy (non-hydrogen) atoms. The van der Waals surface area contributed by atoms with Gasteiger partial charge >= 0.3 is 5.97 Å². The molecule has 664 valence electrons. The summed E-state index contributed by atoms with van der Waals surface area (Å²) in [6.07, 6.45) is 10.3. The summed E-state index contributed by atoms with van der Waals surface area (Å²) in [5.74, 6) is -1.39. The Hall–Kier alpha value is -14.3. The van der Waals surface area contributed by atoms with E-state index in [-0.39, 0.29) is 56.9 Å². The molecule has 0 bridgehead atoms. The van der Waals surface area contributed by atoms with E-state index in [1.807, 2.05) is 36.4 Å². The van der Waals surface area contributed by atoms with Crippen molar-refractivity contribution in [1.82, 2.24) is 34.9 Å². The number of rotatable bonds is 2. The number of nitrogens with zero attached hydrogens (tertiary/aromatic N) is 7.